The van der Waals surface area contributed by atoms with E-state index < -0.39 is 147 Å². The Bertz CT molecular complexity index is 3710. The molecule has 0 spiro atoms. The van der Waals surface area contributed by atoms with Gasteiger partial charge in [-0.15, -0.1) is 0 Å². The number of hydrogen-bond acceptors (Lipinski definition) is 1. The number of benzene rings is 9. The van der Waals surface area contributed by atoms with Crippen molar-refractivity contribution < 1.29 is 27.7 Å². The van der Waals surface area contributed by atoms with Gasteiger partial charge in [0, 0.05) is 10.8 Å². The van der Waals surface area contributed by atoms with Crippen LogP contribution in [0.4, 0.5) is 0 Å². The summed E-state index contributed by atoms with van der Waals surface area (Å²) in [7, 11) is 0. The lowest BCUT2D eigenvalue weighted by molar-refractivity contribution is 0.669. The van der Waals surface area contributed by atoms with E-state index in [0.29, 0.717) is 21.9 Å². The molecular weight excluding hydrogens is 593 g/mol. The minimum Gasteiger partial charge on any atom is -0.456 e. The molecule has 1 heterocycles. The van der Waals surface area contributed by atoms with Gasteiger partial charge in [0.2, 0.25) is 0 Å². The van der Waals surface area contributed by atoms with Crippen LogP contribution >= 0.6 is 0 Å². The predicted molar refractivity (Wildman–Crippen MR) is 208 cm³/mol. The van der Waals surface area contributed by atoms with Gasteiger partial charge in [0.15, 0.2) is 0 Å². The minimum absolute atomic E-state index is 0.145. The Morgan fingerprint density at radius 2 is 0.939 bits per heavy atom. The van der Waals surface area contributed by atoms with E-state index in [-0.39, 0.29) is 11.1 Å². The van der Waals surface area contributed by atoms with Gasteiger partial charge in [0.05, 0.1) is 23.3 Å². The molecule has 0 bridgehead atoms. The van der Waals surface area contributed by atoms with Crippen LogP contribution in [0.2, 0.25) is 0 Å². The number of rotatable bonds is 4. The van der Waals surface area contributed by atoms with Crippen LogP contribution < -0.4 is 0 Å². The third-order valence-electron chi connectivity index (χ3n) is 8.87. The van der Waals surface area contributed by atoms with Gasteiger partial charge in [-0.1, -0.05) is 163 Å². The second-order valence-electron chi connectivity index (χ2n) is 11.5. The molecule has 10 aromatic rings. The Balaban J connectivity index is 1.32. The summed E-state index contributed by atoms with van der Waals surface area (Å²) in [6, 6.07) is 11.5. The van der Waals surface area contributed by atoms with Gasteiger partial charge in [-0.2, -0.15) is 0 Å². The van der Waals surface area contributed by atoms with Gasteiger partial charge >= 0.3 is 0 Å². The van der Waals surface area contributed by atoms with Crippen molar-refractivity contribution in [1.82, 2.24) is 0 Å². The summed E-state index contributed by atoms with van der Waals surface area (Å²) in [5.41, 5.74) is 0.688. The fraction of sp³-hybridized carbons (Fsp3) is 0. The molecule has 228 valence electrons. The first-order valence-corrected chi connectivity index (χ1v) is 15.5. The summed E-state index contributed by atoms with van der Waals surface area (Å²) < 4.78 is 160. The fourth-order valence-electron chi connectivity index (χ4n) is 6.75. The average Bonchev–Trinajstić information content (AvgIpc) is 3.70. The standard InChI is InChI=1S/C48H30O/c1-2-13-33(14-3-1)46-39-17-6-8-19-41(39)47(42-20-9-7-18-40(42)46)34-26-24-32(25-27-34)38-22-11-23-44-48(38)43-29-28-35(30-45(43)49-44)37-21-10-15-31-12-4-5-16-36(31)37/h1-30H/i1D,2D,3D,6D,7D,8D,9D,13D,14D,17D,18D,19D,20D,24D,25D,26D,27D. The average molecular weight is 640 g/mol. The largest absolute Gasteiger partial charge is 0.456 e. The maximum absolute atomic E-state index is 9.61. The first-order valence-electron chi connectivity index (χ1n) is 24.0. The lowest BCUT2D eigenvalue weighted by Crippen LogP contribution is -1.90. The van der Waals surface area contributed by atoms with Crippen LogP contribution in [0.1, 0.15) is 23.3 Å². The summed E-state index contributed by atoms with van der Waals surface area (Å²) >= 11 is 0. The molecule has 0 N–H and O–H groups in total. The van der Waals surface area contributed by atoms with Gasteiger partial charge in [0.1, 0.15) is 11.2 Å². The Morgan fingerprint density at radius 3 is 1.65 bits per heavy atom. The Hall–Kier alpha value is -6.44. The highest BCUT2D eigenvalue weighted by molar-refractivity contribution is 6.21. The van der Waals surface area contributed by atoms with Crippen molar-refractivity contribution in [3.05, 3.63) is 182 Å². The van der Waals surface area contributed by atoms with Crippen LogP contribution in [0.5, 0.6) is 0 Å². The summed E-state index contributed by atoms with van der Waals surface area (Å²) in [6.45, 7) is 0. The lowest BCUT2D eigenvalue weighted by atomic mass is 9.85. The van der Waals surface area contributed by atoms with Crippen molar-refractivity contribution in [3.8, 4) is 44.5 Å². The van der Waals surface area contributed by atoms with Crippen molar-refractivity contribution in [2.45, 2.75) is 0 Å². The Morgan fingerprint density at radius 1 is 0.367 bits per heavy atom. The molecule has 0 radical (unpaired) electrons. The van der Waals surface area contributed by atoms with Gasteiger partial charge in [0.25, 0.3) is 0 Å². The van der Waals surface area contributed by atoms with E-state index in [1.165, 1.54) is 0 Å². The van der Waals surface area contributed by atoms with Crippen LogP contribution in [0.15, 0.2) is 186 Å². The van der Waals surface area contributed by atoms with Crippen molar-refractivity contribution in [3.63, 3.8) is 0 Å². The summed E-state index contributed by atoms with van der Waals surface area (Å²) in [5, 5.41) is 1.13. The van der Waals surface area contributed by atoms with Crippen LogP contribution in [0.25, 0.3) is 98.8 Å². The zero-order chi connectivity index (χ0) is 47.1. The molecule has 1 heteroatoms. The molecule has 0 atom stereocenters. The van der Waals surface area contributed by atoms with E-state index in [4.69, 9.17) is 16.8 Å². The molecule has 0 unspecified atom stereocenters. The fourth-order valence-corrected chi connectivity index (χ4v) is 6.75. The SMILES string of the molecule is [2H]c1c([2H])c([2H])c(-c2c3c([2H])c([2H])c([2H])c([2H])c3c(-c3c([2H])c([2H])c(-c4cccc5oc6cc(-c7cccc8ccccc78)ccc6c45)c([2H])c3[2H])c3c([2H])c([2H])c([2H])c([2H])c23)c([2H])c1[2H]. The highest BCUT2D eigenvalue weighted by atomic mass is 16.3. The van der Waals surface area contributed by atoms with Gasteiger partial charge in [-0.3, -0.25) is 0 Å². The molecule has 10 rings (SSSR count). The van der Waals surface area contributed by atoms with E-state index in [0.717, 1.165) is 21.9 Å². The molecule has 49 heavy (non-hydrogen) atoms. The van der Waals surface area contributed by atoms with Gasteiger partial charge in [-0.25, -0.2) is 0 Å². The van der Waals surface area contributed by atoms with Crippen molar-refractivity contribution >= 4 is 54.3 Å². The quantitative estimate of drug-likeness (QED) is 0.175. The third kappa shape index (κ3) is 4.40. The maximum atomic E-state index is 9.61. The van der Waals surface area contributed by atoms with Gasteiger partial charge in [-0.05, 0) is 95.0 Å². The minimum atomic E-state index is -0.827. The summed E-state index contributed by atoms with van der Waals surface area (Å²) in [4.78, 5) is 0. The number of furan rings is 1. The second kappa shape index (κ2) is 11.1. The van der Waals surface area contributed by atoms with E-state index >= 15 is 0 Å². The second-order valence-corrected chi connectivity index (χ2v) is 11.5. The van der Waals surface area contributed by atoms with Crippen LogP contribution in [0, 0.1) is 0 Å². The maximum Gasteiger partial charge on any atom is 0.136 e. The molecule has 0 fully saturated rings. The smallest absolute Gasteiger partial charge is 0.136 e. The highest BCUT2D eigenvalue weighted by Gasteiger charge is 2.18. The molecule has 0 saturated heterocycles. The normalized spacial score (nSPS) is 16.5. The molecule has 0 saturated carbocycles. The molecule has 0 aliphatic rings. The molecule has 0 aliphatic heterocycles. The first kappa shape index (κ1) is 15.6. The van der Waals surface area contributed by atoms with Crippen molar-refractivity contribution in [1.29, 1.82) is 0 Å². The Kier molecular flexibility index (Phi) is 3.54. The van der Waals surface area contributed by atoms with E-state index in [1.54, 1.807) is 18.2 Å². The zero-order valence-corrected chi connectivity index (χ0v) is 25.4. The monoisotopic (exact) mass is 639 g/mol. The van der Waals surface area contributed by atoms with Crippen LogP contribution in [-0.4, -0.2) is 0 Å². The predicted octanol–water partition coefficient (Wildman–Crippen LogP) is 13.7. The number of fused-ring (bicyclic) bond motifs is 6. The molecule has 0 amide bonds. The first-order chi connectivity index (χ1) is 31.4. The van der Waals surface area contributed by atoms with E-state index in [9.17, 15) is 11.0 Å². The summed E-state index contributed by atoms with van der Waals surface area (Å²) in [5.74, 6) is 0. The molecule has 1 nitrogen and oxygen atoms in total. The van der Waals surface area contributed by atoms with E-state index in [2.05, 4.69) is 0 Å². The Labute approximate surface area is 308 Å². The van der Waals surface area contributed by atoms with Crippen molar-refractivity contribution in [2.24, 2.45) is 0 Å². The topological polar surface area (TPSA) is 13.1 Å². The summed E-state index contributed by atoms with van der Waals surface area (Å²) in [6.07, 6.45) is 0. The molecule has 0 aliphatic carbocycles. The lowest BCUT2D eigenvalue weighted by Gasteiger charge is -2.18. The van der Waals surface area contributed by atoms with Gasteiger partial charge < -0.3 is 4.42 Å². The molecular formula is C48H30O. The molecule has 9 aromatic carbocycles. The number of hydrogen-bond donors (Lipinski definition) is 0. The van der Waals surface area contributed by atoms with Crippen molar-refractivity contribution in [2.75, 3.05) is 0 Å². The zero-order valence-electron chi connectivity index (χ0n) is 42.4. The third-order valence-corrected chi connectivity index (χ3v) is 8.87. The molecule has 1 aromatic heterocycles. The van der Waals surface area contributed by atoms with Crippen LogP contribution in [0.3, 0.4) is 0 Å². The van der Waals surface area contributed by atoms with E-state index in [1.807, 2.05) is 60.7 Å². The van der Waals surface area contributed by atoms with Crippen LogP contribution in [-0.2, 0) is 0 Å². The highest BCUT2D eigenvalue weighted by Crippen LogP contribution is 2.45.